The maximum Gasteiger partial charge on any atom is 0.0463 e. The first-order valence-corrected chi connectivity index (χ1v) is 5.55. The van der Waals surface area contributed by atoms with Crippen LogP contribution in [0.1, 0.15) is 31.1 Å². The summed E-state index contributed by atoms with van der Waals surface area (Å²) in [6.07, 6.45) is 2.50. The van der Waals surface area contributed by atoms with E-state index < -0.39 is 0 Å². The number of hydrogen-bond acceptors (Lipinski definition) is 1. The van der Waals surface area contributed by atoms with Gasteiger partial charge in [0.15, 0.2) is 0 Å². The lowest BCUT2D eigenvalue weighted by Crippen LogP contribution is -2.17. The summed E-state index contributed by atoms with van der Waals surface area (Å²) >= 11 is 0. The molecule has 0 fully saturated rings. The molecule has 1 aromatic rings. The van der Waals surface area contributed by atoms with Gasteiger partial charge in [0.1, 0.15) is 0 Å². The van der Waals surface area contributed by atoms with Crippen LogP contribution in [0.2, 0.25) is 0 Å². The summed E-state index contributed by atoms with van der Waals surface area (Å²) in [7, 11) is 2.83. The van der Waals surface area contributed by atoms with Gasteiger partial charge in [-0.25, -0.2) is 0 Å². The fourth-order valence-corrected chi connectivity index (χ4v) is 1.60. The van der Waals surface area contributed by atoms with Gasteiger partial charge in [0.05, 0.1) is 0 Å². The second kappa shape index (κ2) is 6.12. The van der Waals surface area contributed by atoms with E-state index in [9.17, 15) is 0 Å². The Morgan fingerprint density at radius 1 is 1.31 bits per heavy atom. The maximum absolute atomic E-state index is 3.46. The van der Waals surface area contributed by atoms with Crippen LogP contribution in [0.3, 0.4) is 0 Å². The lowest BCUT2D eigenvalue weighted by Gasteiger charge is -2.13. The Kier molecular flexibility index (Phi) is 5.03. The monoisotopic (exact) mass is 195 g/mol. The average molecular weight is 195 g/mol. The van der Waals surface area contributed by atoms with Gasteiger partial charge in [-0.2, -0.15) is 0 Å². The molecule has 0 saturated heterocycles. The van der Waals surface area contributed by atoms with Gasteiger partial charge in [0, 0.05) is 5.78 Å². The molecule has 0 spiro atoms. The van der Waals surface area contributed by atoms with Gasteiger partial charge in [-0.05, 0) is 18.5 Å². The first kappa shape index (κ1) is 10.7. The highest BCUT2D eigenvalue weighted by molar-refractivity contribution is 7.17. The van der Waals surface area contributed by atoms with Crippen molar-refractivity contribution in [3.63, 3.8) is 0 Å². The van der Waals surface area contributed by atoms with Crippen LogP contribution in [0, 0.1) is 0 Å². The minimum Gasteiger partial charge on any atom is -0.307 e. The summed E-state index contributed by atoms with van der Waals surface area (Å²) in [5, 5.41) is 3.46. The number of unbranched alkanes of at least 4 members (excludes halogenated alkanes) is 1. The molecule has 0 aromatic heterocycles. The summed E-state index contributed by atoms with van der Waals surface area (Å²) in [4.78, 5) is 0. The van der Waals surface area contributed by atoms with E-state index in [-0.39, 0.29) is 0 Å². The van der Waals surface area contributed by atoms with E-state index >= 15 is 0 Å². The maximum atomic E-state index is 3.46. The van der Waals surface area contributed by atoms with Crippen molar-refractivity contribution in [2.45, 2.75) is 25.5 Å². The molecule has 0 radical (unpaired) electrons. The molecule has 2 unspecified atom stereocenters. The van der Waals surface area contributed by atoms with Gasteiger partial charge >= 0.3 is 0 Å². The zero-order chi connectivity index (χ0) is 9.52. The number of hydrogen-bond donors (Lipinski definition) is 1. The van der Waals surface area contributed by atoms with E-state index in [0.717, 1.165) is 6.54 Å². The zero-order valence-electron chi connectivity index (χ0n) is 8.16. The smallest absolute Gasteiger partial charge is 0.0463 e. The van der Waals surface area contributed by atoms with Crippen LogP contribution >= 0.6 is 9.24 Å². The molecule has 72 valence electrons. The molecular weight excluding hydrogens is 177 g/mol. The standard InChI is InChI=1S/C11H18NP/c1-2-3-9-12-11(13)10-7-5-4-6-8-10/h4-8,11-12H,2-3,9,13H2,1H3. The molecule has 1 aromatic carbocycles. The lowest BCUT2D eigenvalue weighted by molar-refractivity contribution is 0.631. The van der Waals surface area contributed by atoms with Crippen molar-refractivity contribution >= 4 is 9.24 Å². The highest BCUT2D eigenvalue weighted by Gasteiger charge is 2.01. The van der Waals surface area contributed by atoms with Crippen LogP contribution in [0.5, 0.6) is 0 Å². The molecule has 0 aliphatic heterocycles. The molecule has 0 aliphatic rings. The summed E-state index contributed by atoms with van der Waals surface area (Å²) in [5.74, 6) is 0.396. The SMILES string of the molecule is CCCCNC(P)c1ccccc1. The summed E-state index contributed by atoms with van der Waals surface area (Å²) in [5.41, 5.74) is 1.34. The first-order valence-electron chi connectivity index (χ1n) is 4.88. The predicted octanol–water partition coefficient (Wildman–Crippen LogP) is 2.95. The number of nitrogens with one attached hydrogen (secondary N) is 1. The molecule has 0 bridgehead atoms. The molecule has 1 N–H and O–H groups in total. The largest absolute Gasteiger partial charge is 0.307 e. The Labute approximate surface area is 83.1 Å². The normalized spacial score (nSPS) is 12.8. The third-order valence-electron chi connectivity index (χ3n) is 2.05. The summed E-state index contributed by atoms with van der Waals surface area (Å²) < 4.78 is 0. The first-order chi connectivity index (χ1) is 6.34. The highest BCUT2D eigenvalue weighted by atomic mass is 31.0. The predicted molar refractivity (Wildman–Crippen MR) is 61.8 cm³/mol. The minimum atomic E-state index is 0.396. The van der Waals surface area contributed by atoms with Gasteiger partial charge in [0.2, 0.25) is 0 Å². The second-order valence-corrected chi connectivity index (χ2v) is 3.86. The van der Waals surface area contributed by atoms with Crippen molar-refractivity contribution in [2.75, 3.05) is 6.54 Å². The Morgan fingerprint density at radius 2 is 2.00 bits per heavy atom. The van der Waals surface area contributed by atoms with Crippen LogP contribution in [0.25, 0.3) is 0 Å². The van der Waals surface area contributed by atoms with Crippen molar-refractivity contribution in [3.05, 3.63) is 35.9 Å². The molecule has 2 heteroatoms. The minimum absolute atomic E-state index is 0.396. The lowest BCUT2D eigenvalue weighted by atomic mass is 10.2. The third kappa shape index (κ3) is 3.89. The van der Waals surface area contributed by atoms with Crippen LogP contribution < -0.4 is 5.32 Å². The Morgan fingerprint density at radius 3 is 2.62 bits per heavy atom. The number of benzene rings is 1. The third-order valence-corrected chi connectivity index (χ3v) is 2.67. The van der Waals surface area contributed by atoms with E-state index in [2.05, 4.69) is 45.7 Å². The molecule has 1 nitrogen and oxygen atoms in total. The van der Waals surface area contributed by atoms with Crippen molar-refractivity contribution < 1.29 is 0 Å². The zero-order valence-corrected chi connectivity index (χ0v) is 9.32. The Balaban J connectivity index is 2.35. The van der Waals surface area contributed by atoms with Crippen LogP contribution in [0.15, 0.2) is 30.3 Å². The Hall–Kier alpha value is -0.390. The van der Waals surface area contributed by atoms with Gasteiger partial charge in [-0.1, -0.05) is 43.7 Å². The molecular formula is C11H18NP. The van der Waals surface area contributed by atoms with E-state index in [1.54, 1.807) is 0 Å². The second-order valence-electron chi connectivity index (χ2n) is 3.20. The average Bonchev–Trinajstić information content (AvgIpc) is 2.19. The molecule has 0 amide bonds. The van der Waals surface area contributed by atoms with Gasteiger partial charge in [0.25, 0.3) is 0 Å². The van der Waals surface area contributed by atoms with Crippen LogP contribution in [0.4, 0.5) is 0 Å². The molecule has 1 rings (SSSR count). The molecule has 0 heterocycles. The van der Waals surface area contributed by atoms with Crippen molar-refractivity contribution in [1.82, 2.24) is 5.32 Å². The molecule has 0 saturated carbocycles. The van der Waals surface area contributed by atoms with Gasteiger partial charge in [-0.15, -0.1) is 9.24 Å². The van der Waals surface area contributed by atoms with Gasteiger partial charge in [-0.3, -0.25) is 0 Å². The number of rotatable bonds is 5. The molecule has 0 aliphatic carbocycles. The van der Waals surface area contributed by atoms with Crippen molar-refractivity contribution in [1.29, 1.82) is 0 Å². The quantitative estimate of drug-likeness (QED) is 0.562. The van der Waals surface area contributed by atoms with E-state index in [0.29, 0.717) is 5.78 Å². The summed E-state index contributed by atoms with van der Waals surface area (Å²) in [6, 6.07) is 10.5. The fraction of sp³-hybridized carbons (Fsp3) is 0.455. The van der Waals surface area contributed by atoms with Gasteiger partial charge < -0.3 is 5.32 Å². The van der Waals surface area contributed by atoms with Crippen LogP contribution in [-0.4, -0.2) is 6.54 Å². The molecule has 13 heavy (non-hydrogen) atoms. The molecule has 2 atom stereocenters. The Bertz CT molecular complexity index is 223. The van der Waals surface area contributed by atoms with E-state index in [1.165, 1.54) is 18.4 Å². The summed E-state index contributed by atoms with van der Waals surface area (Å²) in [6.45, 7) is 3.31. The van der Waals surface area contributed by atoms with Crippen LogP contribution in [-0.2, 0) is 0 Å². The topological polar surface area (TPSA) is 12.0 Å². The van der Waals surface area contributed by atoms with E-state index in [1.807, 2.05) is 6.07 Å². The fourth-order valence-electron chi connectivity index (χ4n) is 1.21. The van der Waals surface area contributed by atoms with Crippen molar-refractivity contribution in [3.8, 4) is 0 Å². The van der Waals surface area contributed by atoms with E-state index in [4.69, 9.17) is 0 Å². The highest BCUT2D eigenvalue weighted by Crippen LogP contribution is 2.18. The van der Waals surface area contributed by atoms with Crippen molar-refractivity contribution in [2.24, 2.45) is 0 Å².